The molecule has 0 aliphatic carbocycles. The number of hydrogen-bond acceptors (Lipinski definition) is 5. The average molecular weight is 361 g/mol. The number of epoxide rings is 1. The van der Waals surface area contributed by atoms with Crippen molar-refractivity contribution in [3.8, 4) is 0 Å². The molecule has 1 aliphatic heterocycles. The lowest BCUT2D eigenvalue weighted by Gasteiger charge is -2.36. The fraction of sp³-hybridized carbons (Fsp3) is 0.889. The smallest absolute Gasteiger partial charge is 0.192 e. The molecular formula is C18H36O5Si. The SMILES string of the molecule is C=C[C@@H](C)[C@H](OCOCCOC)[C@@H]1O[C@H]1CO[Si](C)(C)C(C)(C)C. The van der Waals surface area contributed by atoms with Crippen LogP contribution in [0.4, 0.5) is 0 Å². The Kier molecular flexibility index (Phi) is 8.59. The fourth-order valence-electron chi connectivity index (χ4n) is 2.09. The second-order valence-electron chi connectivity index (χ2n) is 7.96. The van der Waals surface area contributed by atoms with E-state index in [-0.39, 0.29) is 36.1 Å². The van der Waals surface area contributed by atoms with Crippen LogP contribution < -0.4 is 0 Å². The molecule has 0 unspecified atom stereocenters. The molecule has 1 heterocycles. The molecule has 0 aromatic rings. The van der Waals surface area contributed by atoms with Gasteiger partial charge in [-0.05, 0) is 18.1 Å². The quantitative estimate of drug-likeness (QED) is 0.175. The van der Waals surface area contributed by atoms with Gasteiger partial charge in [-0.25, -0.2) is 0 Å². The van der Waals surface area contributed by atoms with Crippen molar-refractivity contribution in [3.05, 3.63) is 12.7 Å². The van der Waals surface area contributed by atoms with Crippen LogP contribution in [0.25, 0.3) is 0 Å². The molecule has 0 aromatic heterocycles. The average Bonchev–Trinajstić information content (AvgIpc) is 3.26. The van der Waals surface area contributed by atoms with E-state index >= 15 is 0 Å². The van der Waals surface area contributed by atoms with Crippen molar-refractivity contribution in [2.45, 2.75) is 64.1 Å². The van der Waals surface area contributed by atoms with Gasteiger partial charge in [0.25, 0.3) is 0 Å². The van der Waals surface area contributed by atoms with Crippen LogP contribution in [0.5, 0.6) is 0 Å². The van der Waals surface area contributed by atoms with Gasteiger partial charge in [-0.3, -0.25) is 0 Å². The van der Waals surface area contributed by atoms with Crippen molar-refractivity contribution in [1.29, 1.82) is 0 Å². The Morgan fingerprint density at radius 1 is 1.25 bits per heavy atom. The minimum absolute atomic E-state index is 0.0498. The molecule has 1 rings (SSSR count). The summed E-state index contributed by atoms with van der Waals surface area (Å²) >= 11 is 0. The van der Waals surface area contributed by atoms with E-state index in [2.05, 4.69) is 47.4 Å². The summed E-state index contributed by atoms with van der Waals surface area (Å²) in [5, 5.41) is 0.205. The van der Waals surface area contributed by atoms with Crippen LogP contribution in [0.2, 0.25) is 18.1 Å². The van der Waals surface area contributed by atoms with Crippen LogP contribution in [0.15, 0.2) is 12.7 Å². The van der Waals surface area contributed by atoms with Crippen LogP contribution >= 0.6 is 0 Å². The van der Waals surface area contributed by atoms with E-state index in [0.717, 1.165) is 0 Å². The van der Waals surface area contributed by atoms with Crippen molar-refractivity contribution in [1.82, 2.24) is 0 Å². The number of hydrogen-bond donors (Lipinski definition) is 0. The second-order valence-corrected chi connectivity index (χ2v) is 12.8. The maximum atomic E-state index is 6.25. The lowest BCUT2D eigenvalue weighted by atomic mass is 10.0. The first kappa shape index (κ1) is 21.8. The lowest BCUT2D eigenvalue weighted by Crippen LogP contribution is -2.42. The maximum Gasteiger partial charge on any atom is 0.192 e. The van der Waals surface area contributed by atoms with Gasteiger partial charge in [-0.2, -0.15) is 0 Å². The van der Waals surface area contributed by atoms with Gasteiger partial charge in [0.15, 0.2) is 8.32 Å². The summed E-state index contributed by atoms with van der Waals surface area (Å²) < 4.78 is 28.3. The third-order valence-corrected chi connectivity index (χ3v) is 9.53. The third-order valence-electron chi connectivity index (χ3n) is 5.03. The van der Waals surface area contributed by atoms with Crippen molar-refractivity contribution < 1.29 is 23.4 Å². The predicted octanol–water partition coefficient (Wildman–Crippen LogP) is 3.60. The van der Waals surface area contributed by atoms with Crippen LogP contribution in [-0.2, 0) is 23.4 Å². The first-order valence-corrected chi connectivity index (χ1v) is 11.6. The first-order chi connectivity index (χ1) is 11.1. The zero-order valence-electron chi connectivity index (χ0n) is 16.5. The lowest BCUT2D eigenvalue weighted by molar-refractivity contribution is -0.113. The summed E-state index contributed by atoms with van der Waals surface area (Å²) in [6, 6.07) is 0. The van der Waals surface area contributed by atoms with Gasteiger partial charge >= 0.3 is 0 Å². The van der Waals surface area contributed by atoms with Gasteiger partial charge in [-0.15, -0.1) is 6.58 Å². The summed E-state index contributed by atoms with van der Waals surface area (Å²) in [6.07, 6.45) is 1.99. The zero-order valence-corrected chi connectivity index (χ0v) is 17.5. The first-order valence-electron chi connectivity index (χ1n) is 8.74. The third kappa shape index (κ3) is 6.58. The van der Waals surface area contributed by atoms with Crippen LogP contribution in [0, 0.1) is 5.92 Å². The highest BCUT2D eigenvalue weighted by Crippen LogP contribution is 2.38. The van der Waals surface area contributed by atoms with E-state index in [1.54, 1.807) is 7.11 Å². The van der Waals surface area contributed by atoms with Gasteiger partial charge in [0.05, 0.1) is 25.9 Å². The molecule has 4 atom stereocenters. The largest absolute Gasteiger partial charge is 0.414 e. The van der Waals surface area contributed by atoms with E-state index in [9.17, 15) is 0 Å². The number of ether oxygens (including phenoxy) is 4. The van der Waals surface area contributed by atoms with Gasteiger partial charge in [0.1, 0.15) is 19.0 Å². The maximum absolute atomic E-state index is 6.25. The summed E-state index contributed by atoms with van der Waals surface area (Å²) in [5.74, 6) is 0.193. The normalized spacial score (nSPS) is 23.8. The van der Waals surface area contributed by atoms with Crippen molar-refractivity contribution in [2.24, 2.45) is 5.92 Å². The minimum atomic E-state index is -1.75. The van der Waals surface area contributed by atoms with E-state index in [1.807, 2.05) is 6.08 Å². The Bertz CT molecular complexity index is 380. The Morgan fingerprint density at radius 2 is 1.92 bits per heavy atom. The Labute approximate surface area is 148 Å². The molecule has 0 radical (unpaired) electrons. The van der Waals surface area contributed by atoms with E-state index < -0.39 is 8.32 Å². The molecule has 24 heavy (non-hydrogen) atoms. The topological polar surface area (TPSA) is 49.5 Å². The van der Waals surface area contributed by atoms with Crippen molar-refractivity contribution in [3.63, 3.8) is 0 Å². The molecule has 1 fully saturated rings. The highest BCUT2D eigenvalue weighted by Gasteiger charge is 2.49. The Hall–Kier alpha value is -0.243. The summed E-state index contributed by atoms with van der Waals surface area (Å²) in [5.41, 5.74) is 0. The summed E-state index contributed by atoms with van der Waals surface area (Å²) in [4.78, 5) is 0. The Balaban J connectivity index is 2.43. The molecule has 0 saturated carbocycles. The molecule has 0 N–H and O–H groups in total. The second kappa shape index (κ2) is 9.45. The van der Waals surface area contributed by atoms with Gasteiger partial charge in [0, 0.05) is 13.0 Å². The van der Waals surface area contributed by atoms with E-state index in [0.29, 0.717) is 19.8 Å². The Morgan fingerprint density at radius 3 is 2.46 bits per heavy atom. The van der Waals surface area contributed by atoms with Crippen molar-refractivity contribution in [2.75, 3.05) is 33.7 Å². The zero-order chi connectivity index (χ0) is 18.4. The van der Waals surface area contributed by atoms with E-state index in [4.69, 9.17) is 23.4 Å². The molecule has 6 heteroatoms. The molecule has 1 saturated heterocycles. The highest BCUT2D eigenvalue weighted by molar-refractivity contribution is 6.74. The molecule has 0 aromatic carbocycles. The van der Waals surface area contributed by atoms with Gasteiger partial charge in [0.2, 0.25) is 0 Å². The minimum Gasteiger partial charge on any atom is -0.414 e. The molecule has 0 spiro atoms. The van der Waals surface area contributed by atoms with Crippen LogP contribution in [0.3, 0.4) is 0 Å². The molecule has 1 aliphatic rings. The summed E-state index contributed by atoms with van der Waals surface area (Å²) in [6.45, 7) is 19.2. The molecule has 5 nitrogen and oxygen atoms in total. The standard InChI is InChI=1S/C18H36O5Si/c1-9-14(2)16(21-13-20-11-10-19-6)17-15(23-17)12-22-24(7,8)18(3,4)5/h9,14-17H,1,10-13H2,2-8H3/t14-,15+,16+,17-/m1/s1. The van der Waals surface area contributed by atoms with Gasteiger partial charge in [-0.1, -0.05) is 33.8 Å². The molecular weight excluding hydrogens is 324 g/mol. The van der Waals surface area contributed by atoms with Crippen LogP contribution in [0.1, 0.15) is 27.7 Å². The predicted molar refractivity (Wildman–Crippen MR) is 98.7 cm³/mol. The summed E-state index contributed by atoms with van der Waals surface area (Å²) in [7, 11) is -0.0968. The molecule has 0 amide bonds. The monoisotopic (exact) mass is 360 g/mol. The number of methoxy groups -OCH3 is 1. The highest BCUT2D eigenvalue weighted by atomic mass is 28.4. The fourth-order valence-corrected chi connectivity index (χ4v) is 3.11. The van der Waals surface area contributed by atoms with Crippen molar-refractivity contribution >= 4 is 8.32 Å². The van der Waals surface area contributed by atoms with Gasteiger partial charge < -0.3 is 23.4 Å². The molecule has 142 valence electrons. The van der Waals surface area contributed by atoms with Crippen LogP contribution in [-0.4, -0.2) is 60.4 Å². The molecule has 0 bridgehead atoms. The number of rotatable bonds is 12. The van der Waals surface area contributed by atoms with E-state index in [1.165, 1.54) is 0 Å².